The number of rotatable bonds is 5. The van der Waals surface area contributed by atoms with Crippen molar-refractivity contribution >= 4 is 0 Å². The van der Waals surface area contributed by atoms with Crippen molar-refractivity contribution in [3.8, 4) is 11.4 Å². The molecule has 4 rings (SSSR count). The molecule has 0 radical (unpaired) electrons. The van der Waals surface area contributed by atoms with E-state index in [-0.39, 0.29) is 0 Å². The first-order valence-corrected chi connectivity index (χ1v) is 8.28. The Labute approximate surface area is 146 Å². The molecule has 0 fully saturated rings. The minimum absolute atomic E-state index is 0.762. The summed E-state index contributed by atoms with van der Waals surface area (Å²) >= 11 is 0. The van der Waals surface area contributed by atoms with Gasteiger partial charge < -0.3 is 4.57 Å². The van der Waals surface area contributed by atoms with E-state index in [1.165, 1.54) is 11.3 Å². The van der Waals surface area contributed by atoms with Crippen LogP contribution in [0.15, 0.2) is 85.6 Å². The SMILES string of the molecule is c1ccc(Cc2cncn2Cc2ccc(-c3ccccn3)nc2)cc1. The predicted molar refractivity (Wildman–Crippen MR) is 98.0 cm³/mol. The van der Waals surface area contributed by atoms with E-state index in [0.717, 1.165) is 29.9 Å². The molecule has 4 aromatic rings. The minimum atomic E-state index is 0.762. The Morgan fingerprint density at radius 1 is 0.720 bits per heavy atom. The van der Waals surface area contributed by atoms with Crippen LogP contribution in [0.25, 0.3) is 11.4 Å². The van der Waals surface area contributed by atoms with E-state index in [2.05, 4.69) is 49.9 Å². The van der Waals surface area contributed by atoms with E-state index in [1.807, 2.05) is 49.1 Å². The number of imidazole rings is 1. The second-order valence-electron chi connectivity index (χ2n) is 5.94. The smallest absolute Gasteiger partial charge is 0.0951 e. The van der Waals surface area contributed by atoms with E-state index in [1.54, 1.807) is 6.20 Å². The van der Waals surface area contributed by atoms with Gasteiger partial charge in [-0.25, -0.2) is 4.98 Å². The number of nitrogens with zero attached hydrogens (tertiary/aromatic N) is 4. The van der Waals surface area contributed by atoms with Gasteiger partial charge in [-0.2, -0.15) is 0 Å². The normalized spacial score (nSPS) is 10.7. The van der Waals surface area contributed by atoms with Gasteiger partial charge in [-0.1, -0.05) is 42.5 Å². The van der Waals surface area contributed by atoms with E-state index in [0.29, 0.717) is 0 Å². The maximum atomic E-state index is 4.55. The third-order valence-electron chi connectivity index (χ3n) is 4.13. The fourth-order valence-electron chi connectivity index (χ4n) is 2.82. The van der Waals surface area contributed by atoms with Crippen molar-refractivity contribution in [3.05, 3.63) is 102 Å². The fourth-order valence-corrected chi connectivity index (χ4v) is 2.82. The topological polar surface area (TPSA) is 43.6 Å². The summed E-state index contributed by atoms with van der Waals surface area (Å²) in [4.78, 5) is 13.2. The van der Waals surface area contributed by atoms with Gasteiger partial charge in [0.05, 0.1) is 24.3 Å². The van der Waals surface area contributed by atoms with Crippen molar-refractivity contribution in [2.45, 2.75) is 13.0 Å². The number of hydrogen-bond donors (Lipinski definition) is 0. The molecule has 0 bridgehead atoms. The summed E-state index contributed by atoms with van der Waals surface area (Å²) in [5.74, 6) is 0. The Balaban J connectivity index is 1.51. The zero-order valence-electron chi connectivity index (χ0n) is 13.8. The molecule has 0 saturated carbocycles. The van der Waals surface area contributed by atoms with Crippen LogP contribution in [0.4, 0.5) is 0 Å². The number of hydrogen-bond acceptors (Lipinski definition) is 3. The molecule has 4 heteroatoms. The third-order valence-corrected chi connectivity index (χ3v) is 4.13. The lowest BCUT2D eigenvalue weighted by molar-refractivity contribution is 0.751. The molecule has 4 nitrogen and oxygen atoms in total. The first-order valence-electron chi connectivity index (χ1n) is 8.28. The highest BCUT2D eigenvalue weighted by atomic mass is 15.0. The summed E-state index contributed by atoms with van der Waals surface area (Å²) in [6, 6.07) is 20.4. The molecule has 3 aromatic heterocycles. The summed E-state index contributed by atoms with van der Waals surface area (Å²) in [7, 11) is 0. The lowest BCUT2D eigenvalue weighted by Crippen LogP contribution is -2.04. The van der Waals surface area contributed by atoms with Crippen LogP contribution in [-0.4, -0.2) is 19.5 Å². The van der Waals surface area contributed by atoms with Crippen molar-refractivity contribution in [1.29, 1.82) is 0 Å². The first-order chi connectivity index (χ1) is 12.4. The van der Waals surface area contributed by atoms with Crippen LogP contribution in [0, 0.1) is 0 Å². The molecule has 0 saturated heterocycles. The highest BCUT2D eigenvalue weighted by Gasteiger charge is 2.06. The maximum Gasteiger partial charge on any atom is 0.0951 e. The molecule has 0 aliphatic heterocycles. The van der Waals surface area contributed by atoms with Crippen LogP contribution in [0.3, 0.4) is 0 Å². The summed E-state index contributed by atoms with van der Waals surface area (Å²) in [5.41, 5.74) is 5.40. The van der Waals surface area contributed by atoms with Gasteiger partial charge >= 0.3 is 0 Å². The number of pyridine rings is 2. The van der Waals surface area contributed by atoms with Gasteiger partial charge in [0.2, 0.25) is 0 Å². The number of aromatic nitrogens is 4. The molecular formula is C21H18N4. The maximum absolute atomic E-state index is 4.55. The van der Waals surface area contributed by atoms with Crippen LogP contribution in [-0.2, 0) is 13.0 Å². The molecule has 0 N–H and O–H groups in total. The van der Waals surface area contributed by atoms with Gasteiger partial charge in [0.1, 0.15) is 0 Å². The molecule has 25 heavy (non-hydrogen) atoms. The van der Waals surface area contributed by atoms with Crippen molar-refractivity contribution in [2.24, 2.45) is 0 Å². The van der Waals surface area contributed by atoms with Gasteiger partial charge in [-0.3, -0.25) is 9.97 Å². The summed E-state index contributed by atoms with van der Waals surface area (Å²) < 4.78 is 2.17. The van der Waals surface area contributed by atoms with Crippen molar-refractivity contribution in [2.75, 3.05) is 0 Å². The third kappa shape index (κ3) is 3.63. The Hall–Kier alpha value is -3.27. The molecule has 1 aromatic carbocycles. The molecule has 0 spiro atoms. The van der Waals surface area contributed by atoms with E-state index >= 15 is 0 Å². The molecule has 0 amide bonds. The van der Waals surface area contributed by atoms with Crippen LogP contribution in [0.2, 0.25) is 0 Å². The molecule has 0 atom stereocenters. The summed E-state index contributed by atoms with van der Waals surface area (Å²) in [5, 5.41) is 0. The van der Waals surface area contributed by atoms with Crippen LogP contribution in [0.5, 0.6) is 0 Å². The van der Waals surface area contributed by atoms with E-state index in [4.69, 9.17) is 0 Å². The van der Waals surface area contributed by atoms with Gasteiger partial charge in [0.15, 0.2) is 0 Å². The largest absolute Gasteiger partial charge is 0.330 e. The van der Waals surface area contributed by atoms with E-state index < -0.39 is 0 Å². The second kappa shape index (κ2) is 7.09. The Kier molecular flexibility index (Phi) is 4.33. The highest BCUT2D eigenvalue weighted by molar-refractivity contribution is 5.53. The highest BCUT2D eigenvalue weighted by Crippen LogP contribution is 2.15. The standard InChI is InChI=1S/C21H18N4/c1-2-6-17(7-3-1)12-19-14-22-16-25(19)15-18-9-10-21(24-13-18)20-8-4-5-11-23-20/h1-11,13-14,16H,12,15H2. The zero-order valence-corrected chi connectivity index (χ0v) is 13.8. The quantitative estimate of drug-likeness (QED) is 0.557. The molecule has 0 unspecified atom stereocenters. The average molecular weight is 326 g/mol. The average Bonchev–Trinajstić information content (AvgIpc) is 3.10. The lowest BCUT2D eigenvalue weighted by Gasteiger charge is -2.09. The van der Waals surface area contributed by atoms with Crippen molar-refractivity contribution in [3.63, 3.8) is 0 Å². The monoisotopic (exact) mass is 326 g/mol. The summed E-state index contributed by atoms with van der Waals surface area (Å²) in [6.45, 7) is 0.762. The van der Waals surface area contributed by atoms with Crippen LogP contribution >= 0.6 is 0 Å². The minimum Gasteiger partial charge on any atom is -0.330 e. The van der Waals surface area contributed by atoms with Crippen molar-refractivity contribution < 1.29 is 0 Å². The summed E-state index contributed by atoms with van der Waals surface area (Å²) in [6.07, 6.45) is 8.39. The second-order valence-corrected chi connectivity index (χ2v) is 5.94. The fraction of sp³-hybridized carbons (Fsp3) is 0.0952. The van der Waals surface area contributed by atoms with Gasteiger partial charge in [-0.05, 0) is 29.3 Å². The Bertz CT molecular complexity index is 929. The first kappa shape index (κ1) is 15.3. The van der Waals surface area contributed by atoms with Gasteiger partial charge in [-0.15, -0.1) is 0 Å². The molecule has 0 aliphatic rings. The predicted octanol–water partition coefficient (Wildman–Crippen LogP) is 3.98. The van der Waals surface area contributed by atoms with Crippen LogP contribution in [0.1, 0.15) is 16.8 Å². The van der Waals surface area contributed by atoms with Gasteiger partial charge in [0.25, 0.3) is 0 Å². The number of benzene rings is 1. The van der Waals surface area contributed by atoms with Gasteiger partial charge in [0, 0.05) is 30.7 Å². The molecule has 3 heterocycles. The molecular weight excluding hydrogens is 308 g/mol. The van der Waals surface area contributed by atoms with E-state index in [9.17, 15) is 0 Å². The molecule has 122 valence electrons. The zero-order chi connectivity index (χ0) is 16.9. The Morgan fingerprint density at radius 3 is 2.32 bits per heavy atom. The van der Waals surface area contributed by atoms with Crippen LogP contribution < -0.4 is 0 Å². The Morgan fingerprint density at radius 2 is 1.56 bits per heavy atom. The van der Waals surface area contributed by atoms with Crippen molar-refractivity contribution in [1.82, 2.24) is 19.5 Å². The molecule has 0 aliphatic carbocycles. The lowest BCUT2D eigenvalue weighted by atomic mass is 10.1.